The van der Waals surface area contributed by atoms with E-state index in [0.29, 0.717) is 31.8 Å². The van der Waals surface area contributed by atoms with E-state index in [1.165, 1.54) is 28.7 Å². The van der Waals surface area contributed by atoms with Gasteiger partial charge in [-0.05, 0) is 25.5 Å². The second kappa shape index (κ2) is 8.84. The highest BCUT2D eigenvalue weighted by Gasteiger charge is 2.30. The third kappa shape index (κ3) is 4.89. The lowest BCUT2D eigenvalue weighted by Gasteiger charge is -2.07. The van der Waals surface area contributed by atoms with E-state index in [1.807, 2.05) is 30.3 Å². The second-order valence-corrected chi connectivity index (χ2v) is 9.23. The predicted octanol–water partition coefficient (Wildman–Crippen LogP) is 6.75. The van der Waals surface area contributed by atoms with Gasteiger partial charge in [-0.2, -0.15) is 13.2 Å². The van der Waals surface area contributed by atoms with Gasteiger partial charge in [-0.1, -0.05) is 48.5 Å². The Morgan fingerprint density at radius 3 is 2.44 bits per heavy atom. The number of alkyl halides is 3. The van der Waals surface area contributed by atoms with E-state index in [1.54, 1.807) is 19.9 Å². The number of hydrogen-bond donors (Lipinski definition) is 1. The summed E-state index contributed by atoms with van der Waals surface area (Å²) in [7, 11) is 0. The summed E-state index contributed by atoms with van der Waals surface area (Å²) in [5, 5.41) is 4.85. The average Bonchev–Trinajstić information content (AvgIpc) is 3.30. The van der Waals surface area contributed by atoms with Crippen LogP contribution in [0.2, 0.25) is 0 Å². The topological polar surface area (TPSA) is 54.9 Å². The molecule has 0 spiro atoms. The molecule has 0 aliphatic rings. The van der Waals surface area contributed by atoms with Gasteiger partial charge in [-0.15, -0.1) is 22.7 Å². The molecule has 0 unspecified atom stereocenters. The van der Waals surface area contributed by atoms with Crippen molar-refractivity contribution in [2.24, 2.45) is 0 Å². The fourth-order valence-corrected chi connectivity index (χ4v) is 5.11. The largest absolute Gasteiger partial charge is 0.416 e. The number of nitrogens with one attached hydrogen (secondary N) is 1. The zero-order valence-electron chi connectivity index (χ0n) is 17.2. The molecule has 2 aromatic heterocycles. The predicted molar refractivity (Wildman–Crippen MR) is 121 cm³/mol. The Labute approximate surface area is 190 Å². The van der Waals surface area contributed by atoms with Crippen LogP contribution in [-0.4, -0.2) is 15.9 Å². The summed E-state index contributed by atoms with van der Waals surface area (Å²) in [6.45, 7) is 3.55. The van der Waals surface area contributed by atoms with Crippen molar-refractivity contribution < 1.29 is 18.0 Å². The van der Waals surface area contributed by atoms with Crippen LogP contribution in [0.25, 0.3) is 10.6 Å². The lowest BCUT2D eigenvalue weighted by Crippen LogP contribution is -2.11. The molecule has 4 rings (SSSR count). The standard InChI is InChI=1S/C23H18F3N3OS2/c1-13-19(32-22(28-13)16-8-4-3-5-9-16)20(30)29-21-14(2)27-18(31-21)12-15-7-6-10-17(11-15)23(24,25)26/h3-11H,12H2,1-2H3,(H,29,30). The van der Waals surface area contributed by atoms with E-state index in [0.717, 1.165) is 22.7 Å². The zero-order valence-corrected chi connectivity index (χ0v) is 18.8. The quantitative estimate of drug-likeness (QED) is 0.349. The van der Waals surface area contributed by atoms with E-state index < -0.39 is 11.7 Å². The number of carbonyl (C=O) groups is 1. The number of aromatic nitrogens is 2. The summed E-state index contributed by atoms with van der Waals surface area (Å²) in [5.74, 6) is -0.278. The Morgan fingerprint density at radius 1 is 0.969 bits per heavy atom. The summed E-state index contributed by atoms with van der Waals surface area (Å²) in [4.78, 5) is 22.3. The molecule has 0 aliphatic heterocycles. The smallest absolute Gasteiger partial charge is 0.311 e. The molecule has 4 aromatic rings. The van der Waals surface area contributed by atoms with Crippen LogP contribution in [0.5, 0.6) is 0 Å². The number of benzene rings is 2. The van der Waals surface area contributed by atoms with Gasteiger partial charge in [0.25, 0.3) is 5.91 Å². The highest BCUT2D eigenvalue weighted by molar-refractivity contribution is 7.18. The molecular weight excluding hydrogens is 455 g/mol. The summed E-state index contributed by atoms with van der Waals surface area (Å²) < 4.78 is 38.9. The van der Waals surface area contributed by atoms with Crippen LogP contribution in [0.3, 0.4) is 0 Å². The molecule has 1 amide bonds. The molecule has 32 heavy (non-hydrogen) atoms. The summed E-state index contributed by atoms with van der Waals surface area (Å²) in [6, 6.07) is 14.8. The van der Waals surface area contributed by atoms with E-state index in [-0.39, 0.29) is 12.3 Å². The number of nitrogens with zero attached hydrogens (tertiary/aromatic N) is 2. The van der Waals surface area contributed by atoms with Crippen molar-refractivity contribution in [3.63, 3.8) is 0 Å². The van der Waals surface area contributed by atoms with E-state index in [4.69, 9.17) is 0 Å². The molecule has 9 heteroatoms. The third-order valence-electron chi connectivity index (χ3n) is 4.70. The summed E-state index contributed by atoms with van der Waals surface area (Å²) in [5.41, 5.74) is 2.02. The lowest BCUT2D eigenvalue weighted by atomic mass is 10.1. The highest BCUT2D eigenvalue weighted by atomic mass is 32.1. The van der Waals surface area contributed by atoms with E-state index in [9.17, 15) is 18.0 Å². The average molecular weight is 474 g/mol. The van der Waals surface area contributed by atoms with Gasteiger partial charge in [-0.25, -0.2) is 9.97 Å². The number of anilines is 1. The minimum Gasteiger partial charge on any atom is -0.311 e. The molecule has 0 saturated carbocycles. The van der Waals surface area contributed by atoms with E-state index in [2.05, 4.69) is 15.3 Å². The molecule has 0 bridgehead atoms. The fourth-order valence-electron chi connectivity index (χ4n) is 3.15. The molecule has 164 valence electrons. The lowest BCUT2D eigenvalue weighted by molar-refractivity contribution is -0.137. The number of hydrogen-bond acceptors (Lipinski definition) is 5. The zero-order chi connectivity index (χ0) is 22.9. The molecule has 0 atom stereocenters. The van der Waals surface area contributed by atoms with Crippen LogP contribution < -0.4 is 5.32 Å². The minimum atomic E-state index is -4.39. The van der Waals surface area contributed by atoms with Crippen molar-refractivity contribution in [2.45, 2.75) is 26.4 Å². The Balaban J connectivity index is 1.51. The van der Waals surface area contributed by atoms with Crippen molar-refractivity contribution in [3.05, 3.63) is 87.0 Å². The van der Waals surface area contributed by atoms with Gasteiger partial charge in [0, 0.05) is 12.0 Å². The van der Waals surface area contributed by atoms with Crippen molar-refractivity contribution in [2.75, 3.05) is 5.32 Å². The first-order valence-corrected chi connectivity index (χ1v) is 11.3. The first kappa shape index (κ1) is 22.2. The Morgan fingerprint density at radius 2 is 1.72 bits per heavy atom. The van der Waals surface area contributed by atoms with Gasteiger partial charge in [0.15, 0.2) is 0 Å². The molecular formula is C23H18F3N3OS2. The number of carbonyl (C=O) groups excluding carboxylic acids is 1. The Kier molecular flexibility index (Phi) is 6.12. The Hall–Kier alpha value is -3.04. The molecule has 2 heterocycles. The highest BCUT2D eigenvalue weighted by Crippen LogP contribution is 2.32. The maximum atomic E-state index is 13.0. The third-order valence-corrected chi connectivity index (χ3v) is 6.98. The monoisotopic (exact) mass is 473 g/mol. The summed E-state index contributed by atoms with van der Waals surface area (Å²) >= 11 is 2.57. The summed E-state index contributed by atoms with van der Waals surface area (Å²) in [6.07, 6.45) is -4.14. The number of thiazole rings is 2. The molecule has 1 N–H and O–H groups in total. The maximum Gasteiger partial charge on any atom is 0.416 e. The Bertz CT molecular complexity index is 1260. The van der Waals surface area contributed by atoms with Crippen LogP contribution in [0.1, 0.15) is 37.2 Å². The van der Waals surface area contributed by atoms with Gasteiger partial charge in [-0.3, -0.25) is 4.79 Å². The molecule has 0 aliphatic carbocycles. The number of halogens is 3. The number of aryl methyl sites for hydroxylation is 2. The van der Waals surface area contributed by atoms with Crippen LogP contribution in [0, 0.1) is 13.8 Å². The molecule has 0 saturated heterocycles. The van der Waals surface area contributed by atoms with Crippen LogP contribution >= 0.6 is 22.7 Å². The van der Waals surface area contributed by atoms with E-state index >= 15 is 0 Å². The normalized spacial score (nSPS) is 11.5. The number of amides is 1. The minimum absolute atomic E-state index is 0.253. The van der Waals surface area contributed by atoms with Crippen molar-refractivity contribution in [3.8, 4) is 10.6 Å². The van der Waals surface area contributed by atoms with Crippen LogP contribution in [-0.2, 0) is 12.6 Å². The van der Waals surface area contributed by atoms with Crippen molar-refractivity contribution in [1.29, 1.82) is 0 Å². The van der Waals surface area contributed by atoms with Gasteiger partial charge in [0.2, 0.25) is 0 Å². The first-order chi connectivity index (χ1) is 15.2. The second-order valence-electron chi connectivity index (χ2n) is 7.15. The van der Waals surface area contributed by atoms with Gasteiger partial charge >= 0.3 is 6.18 Å². The van der Waals surface area contributed by atoms with Gasteiger partial charge < -0.3 is 5.32 Å². The molecule has 0 fully saturated rings. The van der Waals surface area contributed by atoms with Crippen LogP contribution in [0.15, 0.2) is 54.6 Å². The first-order valence-electron chi connectivity index (χ1n) is 9.67. The van der Waals surface area contributed by atoms with Crippen molar-refractivity contribution >= 4 is 33.6 Å². The van der Waals surface area contributed by atoms with Gasteiger partial charge in [0.05, 0.1) is 22.0 Å². The van der Waals surface area contributed by atoms with Crippen LogP contribution in [0.4, 0.5) is 18.2 Å². The van der Waals surface area contributed by atoms with Crippen molar-refractivity contribution in [1.82, 2.24) is 9.97 Å². The molecule has 0 radical (unpaired) electrons. The molecule has 4 nitrogen and oxygen atoms in total. The van der Waals surface area contributed by atoms with Gasteiger partial charge in [0.1, 0.15) is 14.9 Å². The SMILES string of the molecule is Cc1nc(Cc2cccc(C(F)(F)F)c2)sc1NC(=O)c1sc(-c2ccccc2)nc1C. The maximum absolute atomic E-state index is 13.0. The molecule has 2 aromatic carbocycles. The fraction of sp³-hybridized carbons (Fsp3) is 0.174. The number of rotatable bonds is 5.